The lowest BCUT2D eigenvalue weighted by molar-refractivity contribution is -0.153. The summed E-state index contributed by atoms with van der Waals surface area (Å²) in [5, 5.41) is 12.7. The number of benzene rings is 1. The number of carbonyl (C=O) groups is 2. The molecule has 140 valence electrons. The number of amides is 1. The van der Waals surface area contributed by atoms with Crippen molar-refractivity contribution >= 4 is 17.6 Å². The molecule has 0 aliphatic heterocycles. The highest BCUT2D eigenvalue weighted by molar-refractivity contribution is 6.04. The lowest BCUT2D eigenvalue weighted by Gasteiger charge is -2.11. The largest absolute Gasteiger partial charge is 0.464 e. The first-order valence-corrected chi connectivity index (χ1v) is 7.95. The van der Waals surface area contributed by atoms with Gasteiger partial charge in [-0.2, -0.15) is 0 Å². The Hall–Kier alpha value is -2.74. The van der Waals surface area contributed by atoms with Crippen molar-refractivity contribution < 1.29 is 28.2 Å². The Bertz CT molecular complexity index is 861. The van der Waals surface area contributed by atoms with Gasteiger partial charge >= 0.3 is 5.97 Å². The number of hydrogen-bond donors (Lipinski definition) is 2. The third-order valence-corrected chi connectivity index (χ3v) is 4.16. The number of aromatic nitrogens is 1. The molecular formula is C18H20F2N2O4. The summed E-state index contributed by atoms with van der Waals surface area (Å²) in [6, 6.07) is 3.01. The van der Waals surface area contributed by atoms with E-state index in [1.165, 1.54) is 10.6 Å². The smallest absolute Gasteiger partial charge is 0.339 e. The number of aliphatic hydroxyl groups excluding tert-OH is 1. The number of nitrogens with zero attached hydrogens (tertiary/aromatic N) is 1. The molecule has 1 unspecified atom stereocenters. The Kier molecular flexibility index (Phi) is 5.76. The van der Waals surface area contributed by atoms with Crippen LogP contribution in [0.2, 0.25) is 0 Å². The molecule has 1 aromatic heterocycles. The lowest BCUT2D eigenvalue weighted by Crippen LogP contribution is -2.18. The number of hydrogen-bond acceptors (Lipinski definition) is 4. The van der Waals surface area contributed by atoms with Gasteiger partial charge in [-0.05, 0) is 38.5 Å². The second-order valence-electron chi connectivity index (χ2n) is 5.77. The Morgan fingerprint density at radius 3 is 2.50 bits per heavy atom. The molecule has 1 aromatic carbocycles. The predicted octanol–water partition coefficient (Wildman–Crippen LogP) is 2.77. The van der Waals surface area contributed by atoms with Crippen LogP contribution in [0.1, 0.15) is 40.3 Å². The fraction of sp³-hybridized carbons (Fsp3) is 0.333. The van der Waals surface area contributed by atoms with Crippen LogP contribution in [-0.2, 0) is 16.6 Å². The van der Waals surface area contributed by atoms with E-state index in [1.807, 2.05) is 0 Å². The van der Waals surface area contributed by atoms with E-state index in [9.17, 15) is 23.5 Å². The van der Waals surface area contributed by atoms with E-state index in [-0.39, 0.29) is 23.6 Å². The van der Waals surface area contributed by atoms with E-state index in [1.54, 1.807) is 27.8 Å². The summed E-state index contributed by atoms with van der Waals surface area (Å²) in [4.78, 5) is 24.4. The SMILES string of the molecule is CCOC(=O)C(O)c1c(C)c(C(=O)Nc2ccc(F)c(F)c2)n(C)c1C. The van der Waals surface area contributed by atoms with Crippen molar-refractivity contribution in [3.05, 3.63) is 52.3 Å². The first-order valence-electron chi connectivity index (χ1n) is 7.95. The molecule has 0 bridgehead atoms. The van der Waals surface area contributed by atoms with Gasteiger partial charge in [-0.3, -0.25) is 4.79 Å². The molecule has 2 rings (SSSR count). The van der Waals surface area contributed by atoms with Crippen molar-refractivity contribution in [1.82, 2.24) is 4.57 Å². The number of nitrogens with one attached hydrogen (secondary N) is 1. The second-order valence-corrected chi connectivity index (χ2v) is 5.77. The molecule has 2 N–H and O–H groups in total. The summed E-state index contributed by atoms with van der Waals surface area (Å²) in [5.74, 6) is -3.49. The first kappa shape index (κ1) is 19.6. The normalized spacial score (nSPS) is 12.0. The van der Waals surface area contributed by atoms with Crippen molar-refractivity contribution in [1.29, 1.82) is 0 Å². The number of rotatable bonds is 5. The Labute approximate surface area is 149 Å². The first-order chi connectivity index (χ1) is 12.2. The van der Waals surface area contributed by atoms with Crippen LogP contribution in [-0.4, -0.2) is 28.2 Å². The molecule has 0 radical (unpaired) electrons. The zero-order valence-electron chi connectivity index (χ0n) is 14.9. The highest BCUT2D eigenvalue weighted by atomic mass is 19.2. The number of carbonyl (C=O) groups excluding carboxylic acids is 2. The highest BCUT2D eigenvalue weighted by Crippen LogP contribution is 2.28. The molecule has 1 amide bonds. The van der Waals surface area contributed by atoms with Gasteiger partial charge in [0.2, 0.25) is 0 Å². The van der Waals surface area contributed by atoms with Crippen LogP contribution in [0.3, 0.4) is 0 Å². The Balaban J connectivity index is 2.37. The molecule has 0 spiro atoms. The van der Waals surface area contributed by atoms with E-state index >= 15 is 0 Å². The van der Waals surface area contributed by atoms with Crippen molar-refractivity contribution in [3.63, 3.8) is 0 Å². The minimum Gasteiger partial charge on any atom is -0.464 e. The average Bonchev–Trinajstić information content (AvgIpc) is 2.80. The minimum absolute atomic E-state index is 0.0830. The van der Waals surface area contributed by atoms with Crippen molar-refractivity contribution in [2.24, 2.45) is 7.05 Å². The average molecular weight is 366 g/mol. The van der Waals surface area contributed by atoms with E-state index in [0.29, 0.717) is 11.3 Å². The number of anilines is 1. The van der Waals surface area contributed by atoms with Crippen LogP contribution < -0.4 is 5.32 Å². The van der Waals surface area contributed by atoms with Crippen LogP contribution in [0.5, 0.6) is 0 Å². The molecule has 1 atom stereocenters. The Morgan fingerprint density at radius 1 is 1.27 bits per heavy atom. The summed E-state index contributed by atoms with van der Waals surface area (Å²) in [5.41, 5.74) is 1.45. The third-order valence-electron chi connectivity index (χ3n) is 4.16. The van der Waals surface area contributed by atoms with Gasteiger partial charge in [-0.15, -0.1) is 0 Å². The van der Waals surface area contributed by atoms with Crippen LogP contribution >= 0.6 is 0 Å². The van der Waals surface area contributed by atoms with Gasteiger partial charge in [0.15, 0.2) is 17.7 Å². The van der Waals surface area contributed by atoms with Crippen LogP contribution in [0.25, 0.3) is 0 Å². The van der Waals surface area contributed by atoms with E-state index < -0.39 is 29.6 Å². The van der Waals surface area contributed by atoms with Gasteiger partial charge in [0.25, 0.3) is 5.91 Å². The van der Waals surface area contributed by atoms with Gasteiger partial charge < -0.3 is 19.7 Å². The summed E-state index contributed by atoms with van der Waals surface area (Å²) < 4.78 is 32.7. The van der Waals surface area contributed by atoms with Gasteiger partial charge in [-0.1, -0.05) is 0 Å². The summed E-state index contributed by atoms with van der Waals surface area (Å²) in [7, 11) is 1.60. The standard InChI is InChI=1S/C18H20F2N2O4/c1-5-26-18(25)16(23)14-9(2)15(22(4)10(14)3)17(24)21-11-6-7-12(19)13(20)8-11/h6-8,16,23H,5H2,1-4H3,(H,21,24). The quantitative estimate of drug-likeness (QED) is 0.798. The molecule has 0 saturated carbocycles. The zero-order valence-corrected chi connectivity index (χ0v) is 14.9. The van der Waals surface area contributed by atoms with Crippen molar-refractivity contribution in [2.45, 2.75) is 26.9 Å². The molecule has 1 heterocycles. The third kappa shape index (κ3) is 3.60. The van der Waals surface area contributed by atoms with Crippen LogP contribution in [0.4, 0.5) is 14.5 Å². The second kappa shape index (κ2) is 7.65. The zero-order chi connectivity index (χ0) is 19.6. The van der Waals surface area contributed by atoms with Crippen molar-refractivity contribution in [2.75, 3.05) is 11.9 Å². The lowest BCUT2D eigenvalue weighted by atomic mass is 10.0. The maximum Gasteiger partial charge on any atom is 0.339 e. The van der Waals surface area contributed by atoms with Crippen molar-refractivity contribution in [3.8, 4) is 0 Å². The van der Waals surface area contributed by atoms with Crippen LogP contribution in [0, 0.1) is 25.5 Å². The van der Waals surface area contributed by atoms with E-state index in [2.05, 4.69) is 5.32 Å². The van der Waals surface area contributed by atoms with E-state index in [0.717, 1.165) is 12.1 Å². The molecule has 0 aliphatic carbocycles. The predicted molar refractivity (Wildman–Crippen MR) is 90.8 cm³/mol. The maximum atomic E-state index is 13.3. The van der Waals surface area contributed by atoms with Gasteiger partial charge in [0.05, 0.1) is 6.61 Å². The molecule has 26 heavy (non-hydrogen) atoms. The topological polar surface area (TPSA) is 80.6 Å². The highest BCUT2D eigenvalue weighted by Gasteiger charge is 2.29. The monoisotopic (exact) mass is 366 g/mol. The number of aliphatic hydroxyl groups is 1. The van der Waals surface area contributed by atoms with Gasteiger partial charge in [0.1, 0.15) is 5.69 Å². The maximum absolute atomic E-state index is 13.3. The fourth-order valence-corrected chi connectivity index (χ4v) is 2.83. The summed E-state index contributed by atoms with van der Waals surface area (Å²) in [6.07, 6.45) is -1.52. The fourth-order valence-electron chi connectivity index (χ4n) is 2.83. The number of halogens is 2. The molecule has 0 aliphatic rings. The molecule has 0 saturated heterocycles. The Morgan fingerprint density at radius 2 is 1.92 bits per heavy atom. The van der Waals surface area contributed by atoms with E-state index in [4.69, 9.17) is 4.74 Å². The number of esters is 1. The number of ether oxygens (including phenoxy) is 1. The molecule has 0 fully saturated rings. The molecule has 8 heteroatoms. The summed E-state index contributed by atoms with van der Waals surface area (Å²) >= 11 is 0. The van der Waals surface area contributed by atoms with Gasteiger partial charge in [0, 0.05) is 30.1 Å². The molecule has 2 aromatic rings. The molecule has 6 nitrogen and oxygen atoms in total. The molecular weight excluding hydrogens is 346 g/mol. The minimum atomic E-state index is -1.52. The van der Waals surface area contributed by atoms with Crippen LogP contribution in [0.15, 0.2) is 18.2 Å². The summed E-state index contributed by atoms with van der Waals surface area (Å²) in [6.45, 7) is 4.98. The van der Waals surface area contributed by atoms with Gasteiger partial charge in [-0.25, -0.2) is 13.6 Å².